The van der Waals surface area contributed by atoms with Crippen LogP contribution in [0.1, 0.15) is 19.8 Å². The van der Waals surface area contributed by atoms with Crippen molar-refractivity contribution in [3.63, 3.8) is 0 Å². The smallest absolute Gasteiger partial charge is 0.325 e. The van der Waals surface area contributed by atoms with E-state index in [1.54, 1.807) is 0 Å². The van der Waals surface area contributed by atoms with Crippen molar-refractivity contribution < 1.29 is 22.0 Å². The Kier molecular flexibility index (Phi) is 6.89. The third-order valence-corrected chi connectivity index (χ3v) is 4.41. The molecule has 0 aliphatic carbocycles. The maximum Gasteiger partial charge on any atom is 0.341 e. The SMILES string of the molecule is CCCCN(C)CC(=O)Nc1ccc(S(=O)(=O)C(F)F)cc1. The highest BCUT2D eigenvalue weighted by Gasteiger charge is 2.26. The number of sulfone groups is 1. The van der Waals surface area contributed by atoms with E-state index >= 15 is 0 Å². The second kappa shape index (κ2) is 8.19. The Balaban J connectivity index is 2.63. The monoisotopic (exact) mass is 334 g/mol. The number of unbranched alkanes of at least 4 members (excludes halogenated alkanes) is 1. The van der Waals surface area contributed by atoms with Crippen molar-refractivity contribution in [1.82, 2.24) is 4.90 Å². The van der Waals surface area contributed by atoms with Crippen LogP contribution in [0, 0.1) is 0 Å². The Morgan fingerprint density at radius 1 is 1.27 bits per heavy atom. The molecular formula is C14H20F2N2O3S. The van der Waals surface area contributed by atoms with Gasteiger partial charge in [0.1, 0.15) is 0 Å². The van der Waals surface area contributed by atoms with Gasteiger partial charge in [-0.1, -0.05) is 13.3 Å². The van der Waals surface area contributed by atoms with Crippen molar-refractivity contribution >= 4 is 21.4 Å². The first kappa shape index (κ1) is 18.5. The number of nitrogens with one attached hydrogen (secondary N) is 1. The Hall–Kier alpha value is -1.54. The summed E-state index contributed by atoms with van der Waals surface area (Å²) in [6.07, 6.45) is 2.02. The van der Waals surface area contributed by atoms with Gasteiger partial charge in [0, 0.05) is 5.69 Å². The molecule has 1 aromatic rings. The van der Waals surface area contributed by atoms with Crippen LogP contribution in [-0.4, -0.2) is 45.1 Å². The minimum atomic E-state index is -4.61. The van der Waals surface area contributed by atoms with Gasteiger partial charge in [0.2, 0.25) is 15.7 Å². The Labute approximate surface area is 129 Å². The van der Waals surface area contributed by atoms with E-state index in [0.717, 1.165) is 31.5 Å². The molecule has 1 amide bonds. The molecule has 8 heteroatoms. The molecule has 0 atom stereocenters. The molecule has 0 aliphatic heterocycles. The fraction of sp³-hybridized carbons (Fsp3) is 0.500. The number of benzene rings is 1. The predicted octanol–water partition coefficient (Wildman–Crippen LogP) is 2.35. The fourth-order valence-corrected chi connectivity index (χ4v) is 2.50. The van der Waals surface area contributed by atoms with E-state index in [1.165, 1.54) is 12.1 Å². The van der Waals surface area contributed by atoms with Crippen LogP contribution in [0.4, 0.5) is 14.5 Å². The Bertz CT molecular complexity index is 589. The van der Waals surface area contributed by atoms with Gasteiger partial charge < -0.3 is 5.32 Å². The van der Waals surface area contributed by atoms with E-state index in [0.29, 0.717) is 5.69 Å². The van der Waals surface area contributed by atoms with Crippen LogP contribution in [-0.2, 0) is 14.6 Å². The van der Waals surface area contributed by atoms with Crippen LogP contribution < -0.4 is 5.32 Å². The number of rotatable bonds is 8. The largest absolute Gasteiger partial charge is 0.341 e. The summed E-state index contributed by atoms with van der Waals surface area (Å²) in [5.41, 5.74) is 0.363. The van der Waals surface area contributed by atoms with Crippen LogP contribution in [0.5, 0.6) is 0 Å². The third-order valence-electron chi connectivity index (χ3n) is 3.01. The summed E-state index contributed by atoms with van der Waals surface area (Å²) in [6.45, 7) is 3.06. The van der Waals surface area contributed by atoms with Crippen molar-refractivity contribution in [3.8, 4) is 0 Å². The zero-order chi connectivity index (χ0) is 16.8. The van der Waals surface area contributed by atoms with Crippen molar-refractivity contribution in [1.29, 1.82) is 0 Å². The van der Waals surface area contributed by atoms with Gasteiger partial charge in [-0.2, -0.15) is 8.78 Å². The van der Waals surface area contributed by atoms with Gasteiger partial charge in [-0.05, 0) is 44.3 Å². The predicted molar refractivity (Wildman–Crippen MR) is 80.7 cm³/mol. The minimum absolute atomic E-state index is 0.205. The first-order chi connectivity index (χ1) is 10.3. The lowest BCUT2D eigenvalue weighted by atomic mass is 10.3. The van der Waals surface area contributed by atoms with Gasteiger partial charge in [-0.25, -0.2) is 8.42 Å². The molecule has 0 saturated heterocycles. The van der Waals surface area contributed by atoms with Crippen molar-refractivity contribution in [2.24, 2.45) is 0 Å². The van der Waals surface area contributed by atoms with Gasteiger partial charge >= 0.3 is 5.76 Å². The topological polar surface area (TPSA) is 66.5 Å². The van der Waals surface area contributed by atoms with Crippen LogP contribution in [0.2, 0.25) is 0 Å². The van der Waals surface area contributed by atoms with Gasteiger partial charge in [-0.3, -0.25) is 9.69 Å². The van der Waals surface area contributed by atoms with Crippen LogP contribution in [0.3, 0.4) is 0 Å². The second-order valence-corrected chi connectivity index (χ2v) is 6.89. The van der Waals surface area contributed by atoms with E-state index in [1.807, 2.05) is 11.9 Å². The molecule has 0 bridgehead atoms. The number of carbonyl (C=O) groups excluding carboxylic acids is 1. The molecule has 0 aromatic heterocycles. The van der Waals surface area contributed by atoms with Gasteiger partial charge in [0.05, 0.1) is 11.4 Å². The second-order valence-electron chi connectivity index (χ2n) is 4.97. The summed E-state index contributed by atoms with van der Waals surface area (Å²) in [5, 5.41) is 2.59. The standard InChI is InChI=1S/C14H20F2N2O3S/c1-3-4-9-18(2)10-13(19)17-11-5-7-12(8-6-11)22(20,21)14(15)16/h5-8,14H,3-4,9-10H2,1-2H3,(H,17,19). The van der Waals surface area contributed by atoms with Crippen LogP contribution in [0.25, 0.3) is 0 Å². The lowest BCUT2D eigenvalue weighted by Gasteiger charge is -2.15. The zero-order valence-corrected chi connectivity index (χ0v) is 13.4. The molecular weight excluding hydrogens is 314 g/mol. The lowest BCUT2D eigenvalue weighted by Crippen LogP contribution is -2.30. The molecule has 0 saturated carbocycles. The number of anilines is 1. The highest BCUT2D eigenvalue weighted by molar-refractivity contribution is 7.91. The normalized spacial score (nSPS) is 11.9. The number of halogens is 2. The van der Waals surface area contributed by atoms with Gasteiger partial charge in [0.15, 0.2) is 0 Å². The van der Waals surface area contributed by atoms with Crippen molar-refractivity contribution in [2.75, 3.05) is 25.5 Å². The third kappa shape index (κ3) is 5.34. The number of hydrogen-bond donors (Lipinski definition) is 1. The molecule has 0 radical (unpaired) electrons. The average molecular weight is 334 g/mol. The molecule has 22 heavy (non-hydrogen) atoms. The first-order valence-corrected chi connectivity index (χ1v) is 8.42. The summed E-state index contributed by atoms with van der Waals surface area (Å²) < 4.78 is 47.3. The number of alkyl halides is 2. The minimum Gasteiger partial charge on any atom is -0.325 e. The number of nitrogens with zero attached hydrogens (tertiary/aromatic N) is 1. The first-order valence-electron chi connectivity index (χ1n) is 6.88. The highest BCUT2D eigenvalue weighted by Crippen LogP contribution is 2.20. The molecule has 124 valence electrons. The molecule has 1 aromatic carbocycles. The van der Waals surface area contributed by atoms with Crippen molar-refractivity contribution in [2.45, 2.75) is 30.4 Å². The lowest BCUT2D eigenvalue weighted by molar-refractivity contribution is -0.117. The number of hydrogen-bond acceptors (Lipinski definition) is 4. The molecule has 0 unspecified atom stereocenters. The number of carbonyl (C=O) groups is 1. The number of likely N-dealkylation sites (N-methyl/N-ethyl adjacent to an activating group) is 1. The molecule has 5 nitrogen and oxygen atoms in total. The van der Waals surface area contributed by atoms with Gasteiger partial charge in [-0.15, -0.1) is 0 Å². The molecule has 0 spiro atoms. The molecule has 0 fully saturated rings. The summed E-state index contributed by atoms with van der Waals surface area (Å²) in [6, 6.07) is 4.69. The Morgan fingerprint density at radius 3 is 2.36 bits per heavy atom. The fourth-order valence-electron chi connectivity index (χ4n) is 1.78. The number of amides is 1. The quantitative estimate of drug-likeness (QED) is 0.792. The summed E-state index contributed by atoms with van der Waals surface area (Å²) in [4.78, 5) is 13.2. The van der Waals surface area contributed by atoms with Crippen LogP contribution in [0.15, 0.2) is 29.2 Å². The van der Waals surface area contributed by atoms with E-state index in [4.69, 9.17) is 0 Å². The molecule has 1 N–H and O–H groups in total. The summed E-state index contributed by atoms with van der Waals surface area (Å²) in [5.74, 6) is -3.71. The molecule has 0 aliphatic rings. The Morgan fingerprint density at radius 2 is 1.86 bits per heavy atom. The van der Waals surface area contributed by atoms with Gasteiger partial charge in [0.25, 0.3) is 0 Å². The van der Waals surface area contributed by atoms with Crippen molar-refractivity contribution in [3.05, 3.63) is 24.3 Å². The summed E-state index contributed by atoms with van der Waals surface area (Å²) >= 11 is 0. The van der Waals surface area contributed by atoms with E-state index < -0.39 is 20.5 Å². The average Bonchev–Trinajstić information content (AvgIpc) is 2.45. The summed E-state index contributed by atoms with van der Waals surface area (Å²) in [7, 11) is -2.78. The van der Waals surface area contributed by atoms with E-state index in [2.05, 4.69) is 12.2 Å². The van der Waals surface area contributed by atoms with E-state index in [-0.39, 0.29) is 12.5 Å². The molecule has 1 rings (SSSR count). The molecule has 0 heterocycles. The maximum atomic E-state index is 12.4. The highest BCUT2D eigenvalue weighted by atomic mass is 32.2. The van der Waals surface area contributed by atoms with Crippen LogP contribution >= 0.6 is 0 Å². The van der Waals surface area contributed by atoms with E-state index in [9.17, 15) is 22.0 Å². The zero-order valence-electron chi connectivity index (χ0n) is 12.6. The maximum absolute atomic E-state index is 12.4.